The van der Waals surface area contributed by atoms with Crippen molar-refractivity contribution in [2.75, 3.05) is 12.8 Å². The summed E-state index contributed by atoms with van der Waals surface area (Å²) in [4.78, 5) is 4.39. The van der Waals surface area contributed by atoms with Gasteiger partial charge in [-0.25, -0.2) is 4.98 Å². The van der Waals surface area contributed by atoms with Gasteiger partial charge in [0.25, 0.3) is 0 Å². The lowest BCUT2D eigenvalue weighted by molar-refractivity contribution is 0.414. The molecular weight excluding hydrogens is 286 g/mol. The van der Waals surface area contributed by atoms with Crippen molar-refractivity contribution in [1.29, 1.82) is 0 Å². The number of hydrogen-bond acceptors (Lipinski definition) is 3. The number of imidazole rings is 1. The number of nitrogens with zero attached hydrogens (tertiary/aromatic N) is 2. The van der Waals surface area contributed by atoms with Crippen LogP contribution in [0.3, 0.4) is 0 Å². The molecule has 0 aliphatic carbocycles. The van der Waals surface area contributed by atoms with E-state index in [1.54, 1.807) is 7.11 Å². The van der Waals surface area contributed by atoms with Crippen LogP contribution in [0.1, 0.15) is 18.5 Å². The third-order valence-corrected chi connectivity index (χ3v) is 3.98. The van der Waals surface area contributed by atoms with Crippen LogP contribution in [0, 0.1) is 0 Å². The van der Waals surface area contributed by atoms with Crippen LogP contribution < -0.4 is 10.5 Å². The predicted molar refractivity (Wildman–Crippen MR) is 86.0 cm³/mol. The minimum Gasteiger partial charge on any atom is -0.497 e. The molecular formula is C16H16ClN3O. The summed E-state index contributed by atoms with van der Waals surface area (Å²) in [5, 5.41) is 0.650. The number of rotatable bonds is 3. The normalized spacial score (nSPS) is 12.5. The van der Waals surface area contributed by atoms with E-state index in [4.69, 9.17) is 22.1 Å². The van der Waals surface area contributed by atoms with Crippen LogP contribution in [0.25, 0.3) is 11.0 Å². The second kappa shape index (κ2) is 5.30. The first-order valence-corrected chi connectivity index (χ1v) is 7.05. The molecule has 0 radical (unpaired) electrons. The Morgan fingerprint density at radius 1 is 1.19 bits per heavy atom. The summed E-state index contributed by atoms with van der Waals surface area (Å²) < 4.78 is 7.15. The van der Waals surface area contributed by atoms with Crippen molar-refractivity contribution in [3.63, 3.8) is 0 Å². The number of aromatic nitrogens is 2. The van der Waals surface area contributed by atoms with Gasteiger partial charge in [0.05, 0.1) is 29.2 Å². The maximum Gasteiger partial charge on any atom is 0.201 e. The lowest BCUT2D eigenvalue weighted by Crippen LogP contribution is -2.10. The Morgan fingerprint density at radius 3 is 2.57 bits per heavy atom. The van der Waals surface area contributed by atoms with Crippen LogP contribution in [0.15, 0.2) is 42.5 Å². The largest absolute Gasteiger partial charge is 0.497 e. The predicted octanol–water partition coefficient (Wildman–Crippen LogP) is 3.89. The maximum atomic E-state index is 6.32. The van der Waals surface area contributed by atoms with Crippen LogP contribution in [-0.2, 0) is 0 Å². The van der Waals surface area contributed by atoms with E-state index in [9.17, 15) is 0 Å². The van der Waals surface area contributed by atoms with E-state index >= 15 is 0 Å². The van der Waals surface area contributed by atoms with Gasteiger partial charge in [0.1, 0.15) is 5.75 Å². The molecule has 0 bridgehead atoms. The number of nitrogen functional groups attached to an aromatic ring is 1. The zero-order valence-electron chi connectivity index (χ0n) is 11.9. The van der Waals surface area contributed by atoms with Gasteiger partial charge in [0.15, 0.2) is 0 Å². The Balaban J connectivity index is 2.12. The van der Waals surface area contributed by atoms with Gasteiger partial charge >= 0.3 is 0 Å². The summed E-state index contributed by atoms with van der Waals surface area (Å²) in [7, 11) is 1.65. The number of anilines is 1. The third kappa shape index (κ3) is 2.32. The Morgan fingerprint density at radius 2 is 1.90 bits per heavy atom. The van der Waals surface area contributed by atoms with Crippen LogP contribution in [0.5, 0.6) is 5.75 Å². The minimum atomic E-state index is 0.0285. The van der Waals surface area contributed by atoms with Gasteiger partial charge in [-0.15, -0.1) is 0 Å². The number of ether oxygens (including phenoxy) is 1. The van der Waals surface area contributed by atoms with E-state index in [0.29, 0.717) is 11.0 Å². The Kier molecular flexibility index (Phi) is 3.47. The fourth-order valence-corrected chi connectivity index (χ4v) is 2.81. The van der Waals surface area contributed by atoms with Crippen molar-refractivity contribution in [2.45, 2.75) is 13.0 Å². The zero-order valence-corrected chi connectivity index (χ0v) is 12.6. The molecule has 0 saturated heterocycles. The molecule has 1 unspecified atom stereocenters. The van der Waals surface area contributed by atoms with E-state index in [2.05, 4.69) is 11.9 Å². The summed E-state index contributed by atoms with van der Waals surface area (Å²) in [6.45, 7) is 2.07. The number of halogens is 1. The van der Waals surface area contributed by atoms with Gasteiger partial charge in [-0.1, -0.05) is 29.8 Å². The van der Waals surface area contributed by atoms with Gasteiger partial charge < -0.3 is 15.0 Å². The van der Waals surface area contributed by atoms with Crippen molar-refractivity contribution in [3.8, 4) is 5.75 Å². The summed E-state index contributed by atoms with van der Waals surface area (Å²) >= 11 is 6.32. The average Bonchev–Trinajstić information content (AvgIpc) is 2.84. The molecule has 2 N–H and O–H groups in total. The molecule has 1 heterocycles. The molecule has 0 fully saturated rings. The van der Waals surface area contributed by atoms with Crippen LogP contribution in [0.2, 0.25) is 5.02 Å². The molecule has 1 aromatic heterocycles. The fraction of sp³-hybridized carbons (Fsp3) is 0.188. The monoisotopic (exact) mass is 301 g/mol. The van der Waals surface area contributed by atoms with E-state index in [1.165, 1.54) is 0 Å². The first kappa shape index (κ1) is 13.8. The zero-order chi connectivity index (χ0) is 15.0. The Labute approximate surface area is 128 Å². The molecule has 3 aromatic rings. The van der Waals surface area contributed by atoms with Gasteiger partial charge in [-0.2, -0.15) is 0 Å². The molecule has 0 aliphatic rings. The molecule has 5 heteroatoms. The van der Waals surface area contributed by atoms with Gasteiger partial charge in [-0.05, 0) is 36.8 Å². The molecule has 0 amide bonds. The quantitative estimate of drug-likeness (QED) is 0.798. The SMILES string of the molecule is COc1ccc(C(C)n2c(N)nc3cccc(Cl)c32)cc1. The second-order valence-corrected chi connectivity index (χ2v) is 5.30. The lowest BCUT2D eigenvalue weighted by Gasteiger charge is -2.17. The maximum absolute atomic E-state index is 6.32. The van der Waals surface area contributed by atoms with Crippen LogP contribution >= 0.6 is 11.6 Å². The first-order chi connectivity index (χ1) is 10.1. The van der Waals surface area contributed by atoms with Crippen molar-refractivity contribution >= 4 is 28.6 Å². The molecule has 108 valence electrons. The summed E-state index contributed by atoms with van der Waals surface area (Å²) in [6, 6.07) is 13.6. The van der Waals surface area contributed by atoms with Crippen molar-refractivity contribution in [1.82, 2.24) is 9.55 Å². The van der Waals surface area contributed by atoms with E-state index < -0.39 is 0 Å². The average molecular weight is 302 g/mol. The standard InChI is InChI=1S/C16H16ClN3O/c1-10(11-6-8-12(21-2)9-7-11)20-15-13(17)4-3-5-14(15)19-16(20)18/h3-10H,1-2H3,(H2,18,19). The Hall–Kier alpha value is -2.20. The highest BCUT2D eigenvalue weighted by atomic mass is 35.5. The molecule has 3 rings (SSSR count). The van der Waals surface area contributed by atoms with Gasteiger partial charge in [0.2, 0.25) is 5.95 Å². The van der Waals surface area contributed by atoms with E-state index in [0.717, 1.165) is 22.3 Å². The highest BCUT2D eigenvalue weighted by Gasteiger charge is 2.17. The number of fused-ring (bicyclic) bond motifs is 1. The van der Waals surface area contributed by atoms with Crippen molar-refractivity contribution < 1.29 is 4.74 Å². The van der Waals surface area contributed by atoms with E-state index in [1.807, 2.05) is 47.0 Å². The smallest absolute Gasteiger partial charge is 0.201 e. The third-order valence-electron chi connectivity index (χ3n) is 3.67. The lowest BCUT2D eigenvalue weighted by atomic mass is 10.1. The number of hydrogen-bond donors (Lipinski definition) is 1. The highest BCUT2D eigenvalue weighted by Crippen LogP contribution is 2.32. The minimum absolute atomic E-state index is 0.0285. The van der Waals surface area contributed by atoms with Crippen molar-refractivity contribution in [2.24, 2.45) is 0 Å². The van der Waals surface area contributed by atoms with Gasteiger partial charge in [-0.3, -0.25) is 0 Å². The number of benzene rings is 2. The molecule has 0 aliphatic heterocycles. The molecule has 21 heavy (non-hydrogen) atoms. The molecule has 0 saturated carbocycles. The summed E-state index contributed by atoms with van der Waals surface area (Å²) in [5.74, 6) is 1.29. The van der Waals surface area contributed by atoms with Crippen LogP contribution in [0.4, 0.5) is 5.95 Å². The number of methoxy groups -OCH3 is 1. The topological polar surface area (TPSA) is 53.1 Å². The number of nitrogens with two attached hydrogens (primary N) is 1. The highest BCUT2D eigenvalue weighted by molar-refractivity contribution is 6.35. The molecule has 1 atom stereocenters. The second-order valence-electron chi connectivity index (χ2n) is 4.90. The van der Waals surface area contributed by atoms with Crippen molar-refractivity contribution in [3.05, 3.63) is 53.1 Å². The molecule has 2 aromatic carbocycles. The number of para-hydroxylation sites is 1. The fourth-order valence-electron chi connectivity index (χ4n) is 2.55. The molecule has 0 spiro atoms. The van der Waals surface area contributed by atoms with Crippen LogP contribution in [-0.4, -0.2) is 16.7 Å². The van der Waals surface area contributed by atoms with Gasteiger partial charge in [0, 0.05) is 0 Å². The summed E-state index contributed by atoms with van der Waals surface area (Å²) in [5.41, 5.74) is 8.86. The Bertz CT molecular complexity index is 780. The summed E-state index contributed by atoms with van der Waals surface area (Å²) in [6.07, 6.45) is 0. The van der Waals surface area contributed by atoms with E-state index in [-0.39, 0.29) is 6.04 Å². The first-order valence-electron chi connectivity index (χ1n) is 6.67. The molecule has 4 nitrogen and oxygen atoms in total.